The van der Waals surface area contributed by atoms with E-state index in [-0.39, 0.29) is 0 Å². The molecule has 3 nitrogen and oxygen atoms in total. The van der Waals surface area contributed by atoms with Gasteiger partial charge in [0.15, 0.2) is 5.82 Å². The lowest BCUT2D eigenvalue weighted by Gasteiger charge is -2.31. The van der Waals surface area contributed by atoms with Crippen molar-refractivity contribution in [1.29, 1.82) is 0 Å². The van der Waals surface area contributed by atoms with E-state index in [9.17, 15) is 0 Å². The first kappa shape index (κ1) is 39.1. The van der Waals surface area contributed by atoms with Crippen LogP contribution in [-0.4, -0.2) is 9.97 Å². The Balaban J connectivity index is 0.947. The third-order valence-corrected chi connectivity index (χ3v) is 15.5. The van der Waals surface area contributed by atoms with Crippen molar-refractivity contribution < 1.29 is 4.42 Å². The molecule has 0 bridgehead atoms. The molecule has 0 saturated carbocycles. The first-order valence-electron chi connectivity index (χ1n) is 24.4. The van der Waals surface area contributed by atoms with Crippen LogP contribution in [0.3, 0.4) is 0 Å². The fourth-order valence-corrected chi connectivity index (χ4v) is 12.5. The third-order valence-electron chi connectivity index (χ3n) is 15.5. The summed E-state index contributed by atoms with van der Waals surface area (Å²) < 4.78 is 6.43. The van der Waals surface area contributed by atoms with Crippen LogP contribution in [0.1, 0.15) is 34.7 Å². The maximum absolute atomic E-state index is 6.43. The summed E-state index contributed by atoms with van der Waals surface area (Å²) in [6.07, 6.45) is 0.813. The molecule has 326 valence electrons. The molecule has 3 heteroatoms. The molecular weight excluding hydrogens is 849 g/mol. The molecule has 0 aliphatic heterocycles. The number of fused-ring (bicyclic) bond motifs is 13. The van der Waals surface area contributed by atoms with E-state index in [1.165, 1.54) is 88.0 Å². The minimum atomic E-state index is -0.531. The van der Waals surface area contributed by atoms with E-state index < -0.39 is 5.41 Å². The Bertz CT molecular complexity index is 4170. The number of aromatic nitrogens is 2. The lowest BCUT2D eigenvalue weighted by molar-refractivity contribution is 0.669. The highest BCUT2D eigenvalue weighted by atomic mass is 16.3. The van der Waals surface area contributed by atoms with Gasteiger partial charge in [-0.1, -0.05) is 201 Å². The summed E-state index contributed by atoms with van der Waals surface area (Å²) in [6, 6.07) is 82.3. The Labute approximate surface area is 405 Å². The number of hydrogen-bond donors (Lipinski definition) is 0. The number of benzene rings is 11. The number of furan rings is 1. The molecule has 15 rings (SSSR count). The Hall–Kier alpha value is -8.92. The summed E-state index contributed by atoms with van der Waals surface area (Å²) in [5, 5.41) is 7.34. The molecule has 2 aliphatic rings. The molecule has 0 N–H and O–H groups in total. The van der Waals surface area contributed by atoms with Gasteiger partial charge in [0.25, 0.3) is 0 Å². The highest BCUT2D eigenvalue weighted by Gasteiger charge is 2.52. The van der Waals surface area contributed by atoms with Gasteiger partial charge in [-0.15, -0.1) is 0 Å². The maximum Gasteiger partial charge on any atom is 0.160 e. The Morgan fingerprint density at radius 3 is 1.56 bits per heavy atom. The SMILES string of the molecule is CCc1c(-c2ccccc2)nc(-c2cccc(-c3ccc4c(c3)C3(c5ccccc5-c5ccccc53)c3cccc(-c5ccc6c(c5)c5cccc7oc8cccc6c8c75)c3-4)c2)nc1-c1ccccc1. The van der Waals surface area contributed by atoms with Gasteiger partial charge < -0.3 is 4.42 Å². The summed E-state index contributed by atoms with van der Waals surface area (Å²) >= 11 is 0. The molecular formula is C67H42N2O. The lowest BCUT2D eigenvalue weighted by atomic mass is 9.70. The van der Waals surface area contributed by atoms with Gasteiger partial charge >= 0.3 is 0 Å². The predicted octanol–water partition coefficient (Wildman–Crippen LogP) is 17.4. The maximum atomic E-state index is 6.43. The highest BCUT2D eigenvalue weighted by Crippen LogP contribution is 2.64. The predicted molar refractivity (Wildman–Crippen MR) is 288 cm³/mol. The van der Waals surface area contributed by atoms with Gasteiger partial charge in [-0.05, 0) is 125 Å². The van der Waals surface area contributed by atoms with Crippen LogP contribution in [0.25, 0.3) is 122 Å². The van der Waals surface area contributed by atoms with Gasteiger partial charge in [-0.3, -0.25) is 0 Å². The van der Waals surface area contributed by atoms with Gasteiger partial charge in [0.2, 0.25) is 0 Å². The number of nitrogens with zero attached hydrogens (tertiary/aromatic N) is 2. The summed E-state index contributed by atoms with van der Waals surface area (Å²) in [5.74, 6) is 0.715. The van der Waals surface area contributed by atoms with E-state index in [0.29, 0.717) is 5.82 Å². The van der Waals surface area contributed by atoms with Crippen LogP contribution >= 0.6 is 0 Å². The molecule has 0 atom stereocenters. The van der Waals surface area contributed by atoms with Crippen molar-refractivity contribution in [3.05, 3.63) is 252 Å². The first-order chi connectivity index (χ1) is 34.7. The van der Waals surface area contributed by atoms with Crippen LogP contribution in [0, 0.1) is 0 Å². The van der Waals surface area contributed by atoms with E-state index >= 15 is 0 Å². The molecule has 2 aliphatic carbocycles. The second kappa shape index (κ2) is 14.8. The van der Waals surface area contributed by atoms with Crippen LogP contribution in [0.2, 0.25) is 0 Å². The molecule has 13 aromatic rings. The van der Waals surface area contributed by atoms with Crippen molar-refractivity contribution in [3.63, 3.8) is 0 Å². The van der Waals surface area contributed by atoms with Crippen LogP contribution < -0.4 is 0 Å². The van der Waals surface area contributed by atoms with E-state index in [0.717, 1.165) is 62.4 Å². The normalized spacial score (nSPS) is 13.1. The average molecular weight is 891 g/mol. The van der Waals surface area contributed by atoms with Crippen molar-refractivity contribution in [2.75, 3.05) is 0 Å². The van der Waals surface area contributed by atoms with Gasteiger partial charge in [0.1, 0.15) is 11.2 Å². The third kappa shape index (κ3) is 5.35. The molecule has 2 aromatic heterocycles. The van der Waals surface area contributed by atoms with E-state index in [1.54, 1.807) is 0 Å². The van der Waals surface area contributed by atoms with Crippen LogP contribution in [0.4, 0.5) is 0 Å². The molecule has 70 heavy (non-hydrogen) atoms. The van der Waals surface area contributed by atoms with Crippen molar-refractivity contribution in [1.82, 2.24) is 9.97 Å². The van der Waals surface area contributed by atoms with Gasteiger partial charge in [-0.2, -0.15) is 0 Å². The van der Waals surface area contributed by atoms with Gasteiger partial charge in [-0.25, -0.2) is 9.97 Å². The second-order valence-corrected chi connectivity index (χ2v) is 18.9. The lowest BCUT2D eigenvalue weighted by Crippen LogP contribution is -2.25. The summed E-state index contributed by atoms with van der Waals surface area (Å²) in [6.45, 7) is 2.20. The fraction of sp³-hybridized carbons (Fsp3) is 0.0448. The zero-order valence-electron chi connectivity index (χ0n) is 38.4. The van der Waals surface area contributed by atoms with E-state index in [4.69, 9.17) is 14.4 Å². The monoisotopic (exact) mass is 890 g/mol. The van der Waals surface area contributed by atoms with Crippen LogP contribution in [0.5, 0.6) is 0 Å². The summed E-state index contributed by atoms with van der Waals surface area (Å²) in [4.78, 5) is 10.8. The summed E-state index contributed by atoms with van der Waals surface area (Å²) in [5.41, 5.74) is 22.7. The van der Waals surface area contributed by atoms with Gasteiger partial charge in [0, 0.05) is 33.0 Å². The number of hydrogen-bond acceptors (Lipinski definition) is 3. The Morgan fingerprint density at radius 2 is 0.886 bits per heavy atom. The Morgan fingerprint density at radius 1 is 0.357 bits per heavy atom. The molecule has 0 amide bonds. The highest BCUT2D eigenvalue weighted by molar-refractivity contribution is 6.33. The van der Waals surface area contributed by atoms with Crippen molar-refractivity contribution in [3.8, 4) is 78.4 Å². The molecule has 2 heterocycles. The fourth-order valence-electron chi connectivity index (χ4n) is 12.5. The first-order valence-corrected chi connectivity index (χ1v) is 24.4. The van der Waals surface area contributed by atoms with Crippen molar-refractivity contribution in [2.45, 2.75) is 18.8 Å². The van der Waals surface area contributed by atoms with E-state index in [2.05, 4.69) is 231 Å². The molecule has 0 radical (unpaired) electrons. The number of rotatable bonds is 6. The standard InChI is InChI=1S/C67H42N2O/c1-2-46-64(40-17-5-3-6-18-40)68-66(69-65(46)41-19-7-4-8-20-41)45-22-13-21-42(37-45)43-33-36-53-58(39-43)67(55-28-11-9-23-49(55)50-24-10-12-29-56(50)67)57-30-14-25-47(61(53)57)44-34-35-48-51-26-15-31-59-62(51)63-52(54(48)38-44)27-16-32-60(63)70-59/h3-39H,2H2,1H3. The quantitative estimate of drug-likeness (QED) is 0.156. The summed E-state index contributed by atoms with van der Waals surface area (Å²) in [7, 11) is 0. The van der Waals surface area contributed by atoms with Crippen LogP contribution in [-0.2, 0) is 11.8 Å². The minimum absolute atomic E-state index is 0.531. The zero-order chi connectivity index (χ0) is 46.1. The molecule has 11 aromatic carbocycles. The zero-order valence-corrected chi connectivity index (χ0v) is 38.4. The molecule has 0 fully saturated rings. The molecule has 0 unspecified atom stereocenters. The molecule has 1 spiro atoms. The smallest absolute Gasteiger partial charge is 0.160 e. The molecule has 0 saturated heterocycles. The minimum Gasteiger partial charge on any atom is -0.456 e. The van der Waals surface area contributed by atoms with E-state index in [1.807, 2.05) is 0 Å². The van der Waals surface area contributed by atoms with Crippen LogP contribution in [0.15, 0.2) is 229 Å². The topological polar surface area (TPSA) is 38.9 Å². The average Bonchev–Trinajstić information content (AvgIpc) is 4.08. The largest absolute Gasteiger partial charge is 0.456 e. The van der Waals surface area contributed by atoms with Crippen molar-refractivity contribution >= 4 is 43.5 Å². The Kier molecular flexibility index (Phi) is 8.26. The van der Waals surface area contributed by atoms with Crippen molar-refractivity contribution in [2.24, 2.45) is 0 Å². The second-order valence-electron chi connectivity index (χ2n) is 18.9. The van der Waals surface area contributed by atoms with Gasteiger partial charge in [0.05, 0.1) is 16.8 Å².